The predicted molar refractivity (Wildman–Crippen MR) is 78.4 cm³/mol. The van der Waals surface area contributed by atoms with Gasteiger partial charge in [0.2, 0.25) is 4.96 Å². The zero-order valence-corrected chi connectivity index (χ0v) is 12.3. The topological polar surface area (TPSA) is 68.0 Å². The summed E-state index contributed by atoms with van der Waals surface area (Å²) in [6.07, 6.45) is 3.51. The fraction of sp³-hybridized carbons (Fsp3) is 0.385. The maximum Gasteiger partial charge on any atom is 0.235 e. The van der Waals surface area contributed by atoms with Crippen LogP contribution in [0.3, 0.4) is 0 Å². The molecule has 0 bridgehead atoms. The third-order valence-corrected chi connectivity index (χ3v) is 3.68. The van der Waals surface area contributed by atoms with E-state index in [9.17, 15) is 0 Å². The molecule has 0 aromatic carbocycles. The minimum Gasteiger partial charge on any atom is -0.310 e. The Morgan fingerprint density at radius 2 is 2.25 bits per heavy atom. The van der Waals surface area contributed by atoms with E-state index in [0.717, 1.165) is 34.4 Å². The van der Waals surface area contributed by atoms with Gasteiger partial charge in [-0.25, -0.2) is 0 Å². The molecular formula is C13H16N6S. The average Bonchev–Trinajstić information content (AvgIpc) is 2.99. The minimum absolute atomic E-state index is 0.631. The summed E-state index contributed by atoms with van der Waals surface area (Å²) < 4.78 is 1.79. The van der Waals surface area contributed by atoms with E-state index < -0.39 is 0 Å². The van der Waals surface area contributed by atoms with Crippen LogP contribution < -0.4 is 5.32 Å². The van der Waals surface area contributed by atoms with Gasteiger partial charge in [0, 0.05) is 24.5 Å². The first-order valence-corrected chi connectivity index (χ1v) is 7.38. The largest absolute Gasteiger partial charge is 0.310 e. The molecule has 0 unspecified atom stereocenters. The van der Waals surface area contributed by atoms with Crippen LogP contribution in [-0.2, 0) is 6.54 Å². The molecule has 0 aliphatic rings. The van der Waals surface area contributed by atoms with Crippen molar-refractivity contribution in [1.82, 2.24) is 30.1 Å². The highest BCUT2D eigenvalue weighted by atomic mass is 32.1. The van der Waals surface area contributed by atoms with Crippen molar-refractivity contribution >= 4 is 16.3 Å². The third kappa shape index (κ3) is 2.68. The summed E-state index contributed by atoms with van der Waals surface area (Å²) in [7, 11) is 0. The van der Waals surface area contributed by atoms with Crippen LogP contribution in [0.5, 0.6) is 0 Å². The highest BCUT2D eigenvalue weighted by Gasteiger charge is 2.13. The predicted octanol–water partition coefficient (Wildman–Crippen LogP) is 1.99. The molecule has 104 valence electrons. The van der Waals surface area contributed by atoms with E-state index >= 15 is 0 Å². The van der Waals surface area contributed by atoms with Crippen LogP contribution in [0.25, 0.3) is 16.3 Å². The Morgan fingerprint density at radius 1 is 1.35 bits per heavy atom. The van der Waals surface area contributed by atoms with Crippen LogP contribution >= 0.6 is 11.3 Å². The second-order valence-electron chi connectivity index (χ2n) is 4.98. The zero-order chi connectivity index (χ0) is 13.9. The van der Waals surface area contributed by atoms with Crippen LogP contribution in [0.2, 0.25) is 0 Å². The molecular weight excluding hydrogens is 272 g/mol. The standard InChI is InChI=1S/C13H16N6S/c1-9(2)6-15-8-11-18-19-12(16-17-13(19)20-11)10-4-3-5-14-7-10/h3-5,7,9,15H,6,8H2,1-2H3. The SMILES string of the molecule is CC(C)CNCc1nn2c(-c3cccnc3)nnc2s1. The fourth-order valence-corrected chi connectivity index (χ4v) is 2.67. The number of pyridine rings is 1. The number of rotatable bonds is 5. The van der Waals surface area contributed by atoms with E-state index in [1.165, 1.54) is 0 Å². The van der Waals surface area contributed by atoms with Crippen LogP contribution in [0.1, 0.15) is 18.9 Å². The molecule has 3 rings (SSSR count). The van der Waals surface area contributed by atoms with Gasteiger partial charge in [-0.05, 0) is 24.6 Å². The lowest BCUT2D eigenvalue weighted by atomic mass is 10.2. The van der Waals surface area contributed by atoms with Gasteiger partial charge in [0.25, 0.3) is 0 Å². The molecule has 7 heteroatoms. The summed E-state index contributed by atoms with van der Waals surface area (Å²) in [4.78, 5) is 4.92. The van der Waals surface area contributed by atoms with Crippen molar-refractivity contribution in [2.75, 3.05) is 6.54 Å². The fourth-order valence-electron chi connectivity index (χ4n) is 1.87. The molecule has 3 aromatic heterocycles. The highest BCUT2D eigenvalue weighted by molar-refractivity contribution is 7.16. The normalized spacial score (nSPS) is 11.6. The van der Waals surface area contributed by atoms with Crippen molar-refractivity contribution in [3.05, 3.63) is 29.5 Å². The lowest BCUT2D eigenvalue weighted by Crippen LogP contribution is -2.18. The Kier molecular flexibility index (Phi) is 3.70. The number of aromatic nitrogens is 5. The van der Waals surface area contributed by atoms with E-state index in [1.54, 1.807) is 28.2 Å². The Balaban J connectivity index is 1.84. The van der Waals surface area contributed by atoms with Gasteiger partial charge in [0.1, 0.15) is 5.01 Å². The molecule has 0 saturated heterocycles. The van der Waals surface area contributed by atoms with Crippen LogP contribution in [0.4, 0.5) is 0 Å². The maximum absolute atomic E-state index is 4.57. The minimum atomic E-state index is 0.631. The Hall–Kier alpha value is -1.86. The quantitative estimate of drug-likeness (QED) is 0.777. The van der Waals surface area contributed by atoms with E-state index in [4.69, 9.17) is 0 Å². The summed E-state index contributed by atoms with van der Waals surface area (Å²) in [6, 6.07) is 3.84. The molecule has 6 nitrogen and oxygen atoms in total. The maximum atomic E-state index is 4.57. The molecule has 3 heterocycles. The Labute approximate surface area is 120 Å². The molecule has 0 aliphatic heterocycles. The van der Waals surface area contributed by atoms with Gasteiger partial charge in [-0.15, -0.1) is 10.2 Å². The summed E-state index contributed by atoms with van der Waals surface area (Å²) in [5.74, 6) is 1.37. The molecule has 0 amide bonds. The Morgan fingerprint density at radius 3 is 3.00 bits per heavy atom. The molecule has 0 spiro atoms. The summed E-state index contributed by atoms with van der Waals surface area (Å²) >= 11 is 1.56. The van der Waals surface area contributed by atoms with Crippen molar-refractivity contribution in [3.63, 3.8) is 0 Å². The number of nitrogens with one attached hydrogen (secondary N) is 1. The summed E-state index contributed by atoms with van der Waals surface area (Å²) in [6.45, 7) is 6.12. The first-order valence-electron chi connectivity index (χ1n) is 6.56. The van der Waals surface area contributed by atoms with Crippen LogP contribution in [0, 0.1) is 5.92 Å². The van der Waals surface area contributed by atoms with Crippen LogP contribution in [-0.4, -0.2) is 31.3 Å². The zero-order valence-electron chi connectivity index (χ0n) is 11.4. The van der Waals surface area contributed by atoms with Crippen LogP contribution in [0.15, 0.2) is 24.5 Å². The van der Waals surface area contributed by atoms with Gasteiger partial charge in [-0.3, -0.25) is 4.98 Å². The van der Waals surface area contributed by atoms with Gasteiger partial charge in [0.05, 0.1) is 0 Å². The molecule has 0 radical (unpaired) electrons. The average molecular weight is 288 g/mol. The number of fused-ring (bicyclic) bond motifs is 1. The van der Waals surface area contributed by atoms with Crippen molar-refractivity contribution in [2.45, 2.75) is 20.4 Å². The first-order chi connectivity index (χ1) is 9.74. The summed E-state index contributed by atoms with van der Waals surface area (Å²) in [5, 5.41) is 17.3. The Bertz CT molecular complexity index is 687. The van der Waals surface area contributed by atoms with Crippen molar-refractivity contribution in [1.29, 1.82) is 0 Å². The molecule has 0 aliphatic carbocycles. The van der Waals surface area contributed by atoms with E-state index in [2.05, 4.69) is 39.4 Å². The molecule has 0 atom stereocenters. The number of hydrogen-bond donors (Lipinski definition) is 1. The number of hydrogen-bond acceptors (Lipinski definition) is 6. The third-order valence-electron chi connectivity index (χ3n) is 2.78. The van der Waals surface area contributed by atoms with Crippen molar-refractivity contribution in [3.8, 4) is 11.4 Å². The van der Waals surface area contributed by atoms with Crippen molar-refractivity contribution < 1.29 is 0 Å². The second kappa shape index (κ2) is 5.64. The van der Waals surface area contributed by atoms with Gasteiger partial charge < -0.3 is 5.32 Å². The molecule has 3 aromatic rings. The van der Waals surface area contributed by atoms with Crippen molar-refractivity contribution in [2.24, 2.45) is 5.92 Å². The number of nitrogens with zero attached hydrogens (tertiary/aromatic N) is 5. The van der Waals surface area contributed by atoms with Gasteiger partial charge in [-0.1, -0.05) is 25.2 Å². The molecule has 0 saturated carbocycles. The van der Waals surface area contributed by atoms with Gasteiger partial charge in [0.15, 0.2) is 5.82 Å². The highest BCUT2D eigenvalue weighted by Crippen LogP contribution is 2.20. The van der Waals surface area contributed by atoms with E-state index in [0.29, 0.717) is 5.92 Å². The van der Waals surface area contributed by atoms with Gasteiger partial charge >= 0.3 is 0 Å². The second-order valence-corrected chi connectivity index (χ2v) is 6.02. The molecule has 0 fully saturated rings. The smallest absolute Gasteiger partial charge is 0.235 e. The van der Waals surface area contributed by atoms with E-state index in [1.807, 2.05) is 12.1 Å². The summed E-state index contributed by atoms with van der Waals surface area (Å²) in [5.41, 5.74) is 0.923. The molecule has 20 heavy (non-hydrogen) atoms. The van der Waals surface area contributed by atoms with E-state index in [-0.39, 0.29) is 0 Å². The first kappa shape index (κ1) is 13.1. The molecule has 1 N–H and O–H groups in total. The lowest BCUT2D eigenvalue weighted by Gasteiger charge is -2.04. The monoisotopic (exact) mass is 288 g/mol. The lowest BCUT2D eigenvalue weighted by molar-refractivity contribution is 0.549. The van der Waals surface area contributed by atoms with Gasteiger partial charge in [-0.2, -0.15) is 9.61 Å².